The van der Waals surface area contributed by atoms with Crippen LogP contribution in [-0.4, -0.2) is 37.8 Å². The van der Waals surface area contributed by atoms with Crippen LogP contribution in [0.15, 0.2) is 12.3 Å². The Labute approximate surface area is 113 Å². The summed E-state index contributed by atoms with van der Waals surface area (Å²) in [6.45, 7) is 0.666. The second-order valence-corrected chi connectivity index (χ2v) is 5.85. The number of carboxylic acids is 1. The van der Waals surface area contributed by atoms with Gasteiger partial charge in [-0.3, -0.25) is 14.4 Å². The monoisotopic (exact) mass is 263 g/mol. The molecule has 5 nitrogen and oxygen atoms in total. The number of likely N-dealkylation sites (tertiary alicyclic amines) is 1. The Balaban J connectivity index is 1.80. The Morgan fingerprint density at radius 1 is 1.47 bits per heavy atom. The first-order valence-corrected chi connectivity index (χ1v) is 7.12. The van der Waals surface area contributed by atoms with Crippen LogP contribution >= 0.6 is 0 Å². The van der Waals surface area contributed by atoms with E-state index in [-0.39, 0.29) is 6.04 Å². The first-order chi connectivity index (χ1) is 9.15. The quantitative estimate of drug-likeness (QED) is 0.900. The second kappa shape index (κ2) is 4.96. The molecule has 104 valence electrons. The van der Waals surface area contributed by atoms with Gasteiger partial charge in [0.25, 0.3) is 0 Å². The van der Waals surface area contributed by atoms with Gasteiger partial charge in [-0.15, -0.1) is 0 Å². The van der Waals surface area contributed by atoms with Crippen LogP contribution in [0.1, 0.15) is 37.8 Å². The molecule has 2 heterocycles. The third kappa shape index (κ3) is 2.39. The van der Waals surface area contributed by atoms with Crippen LogP contribution in [-0.2, 0) is 18.4 Å². The summed E-state index contributed by atoms with van der Waals surface area (Å²) >= 11 is 0. The highest BCUT2D eigenvalue weighted by Crippen LogP contribution is 2.40. The number of carboxylic acid groups (broad SMARTS) is 1. The van der Waals surface area contributed by atoms with Gasteiger partial charge < -0.3 is 5.11 Å². The van der Waals surface area contributed by atoms with E-state index in [4.69, 9.17) is 0 Å². The Morgan fingerprint density at radius 3 is 2.95 bits per heavy atom. The largest absolute Gasteiger partial charge is 0.480 e. The van der Waals surface area contributed by atoms with E-state index in [1.807, 2.05) is 19.3 Å². The number of fused-ring (bicyclic) bond motifs is 1. The van der Waals surface area contributed by atoms with Crippen LogP contribution in [0.4, 0.5) is 0 Å². The number of aryl methyl sites for hydroxylation is 1. The van der Waals surface area contributed by atoms with E-state index in [1.54, 1.807) is 4.68 Å². The van der Waals surface area contributed by atoms with Crippen molar-refractivity contribution in [2.45, 2.75) is 50.7 Å². The zero-order valence-corrected chi connectivity index (χ0v) is 11.3. The number of aromatic nitrogens is 2. The molecule has 3 unspecified atom stereocenters. The van der Waals surface area contributed by atoms with Crippen LogP contribution in [0, 0.1) is 5.92 Å². The Hall–Kier alpha value is -1.36. The Kier molecular flexibility index (Phi) is 3.31. The smallest absolute Gasteiger partial charge is 0.320 e. The standard InChI is InChI=1S/C14H21N3O2/c1-16-7-6-11(15-16)9-17-12-5-3-2-4-10(12)8-13(17)14(18)19/h6-7,10,12-13H,2-5,8-9H2,1H3,(H,18,19). The number of hydrogen-bond donors (Lipinski definition) is 1. The molecule has 0 radical (unpaired) electrons. The molecule has 0 bridgehead atoms. The number of nitrogens with zero attached hydrogens (tertiary/aromatic N) is 3. The van der Waals surface area contributed by atoms with Crippen LogP contribution in [0.25, 0.3) is 0 Å². The number of carbonyl (C=O) groups is 1. The normalized spacial score (nSPS) is 31.3. The third-order valence-electron chi connectivity index (χ3n) is 4.62. The van der Waals surface area contributed by atoms with Gasteiger partial charge in [0.15, 0.2) is 0 Å². The van der Waals surface area contributed by atoms with Crippen LogP contribution in [0.5, 0.6) is 0 Å². The Bertz CT molecular complexity index is 471. The molecule has 0 amide bonds. The highest BCUT2D eigenvalue weighted by Gasteiger charge is 2.45. The summed E-state index contributed by atoms with van der Waals surface area (Å²) in [5.41, 5.74) is 0.972. The molecule has 0 spiro atoms. The van der Waals surface area contributed by atoms with Crippen LogP contribution < -0.4 is 0 Å². The predicted octanol–water partition coefficient (Wildman–Crippen LogP) is 1.64. The van der Waals surface area contributed by atoms with Gasteiger partial charge in [-0.25, -0.2) is 0 Å². The molecule has 2 aliphatic rings. The van der Waals surface area contributed by atoms with Crippen molar-refractivity contribution in [2.24, 2.45) is 13.0 Å². The van der Waals surface area contributed by atoms with Gasteiger partial charge in [0, 0.05) is 25.8 Å². The van der Waals surface area contributed by atoms with E-state index in [0.717, 1.165) is 18.5 Å². The lowest BCUT2D eigenvalue weighted by Gasteiger charge is -2.32. The molecule has 1 saturated carbocycles. The molecule has 5 heteroatoms. The minimum Gasteiger partial charge on any atom is -0.480 e. The highest BCUT2D eigenvalue weighted by atomic mass is 16.4. The van der Waals surface area contributed by atoms with Gasteiger partial charge in [0.05, 0.1) is 5.69 Å². The maximum absolute atomic E-state index is 11.5. The lowest BCUT2D eigenvalue weighted by atomic mass is 9.85. The van der Waals surface area contributed by atoms with E-state index in [1.165, 1.54) is 19.3 Å². The predicted molar refractivity (Wildman–Crippen MR) is 70.5 cm³/mol. The molecule has 1 aromatic rings. The summed E-state index contributed by atoms with van der Waals surface area (Å²) in [6.07, 6.45) is 7.54. The zero-order chi connectivity index (χ0) is 13.4. The van der Waals surface area contributed by atoms with Crippen molar-refractivity contribution in [1.82, 2.24) is 14.7 Å². The van der Waals surface area contributed by atoms with Crippen molar-refractivity contribution in [1.29, 1.82) is 0 Å². The molecule has 3 rings (SSSR count). The minimum absolute atomic E-state index is 0.324. The summed E-state index contributed by atoms with van der Waals surface area (Å²) < 4.78 is 1.78. The fourth-order valence-electron chi connectivity index (χ4n) is 3.76. The van der Waals surface area contributed by atoms with E-state index < -0.39 is 5.97 Å². The summed E-state index contributed by atoms with van der Waals surface area (Å²) in [7, 11) is 1.89. The molecule has 19 heavy (non-hydrogen) atoms. The fraction of sp³-hybridized carbons (Fsp3) is 0.714. The third-order valence-corrected chi connectivity index (χ3v) is 4.62. The van der Waals surface area contributed by atoms with E-state index in [2.05, 4.69) is 10.00 Å². The van der Waals surface area contributed by atoms with Crippen LogP contribution in [0.3, 0.4) is 0 Å². The molecular weight excluding hydrogens is 242 g/mol. The molecule has 1 saturated heterocycles. The van der Waals surface area contributed by atoms with E-state index in [0.29, 0.717) is 18.5 Å². The second-order valence-electron chi connectivity index (χ2n) is 5.85. The Morgan fingerprint density at radius 2 is 2.26 bits per heavy atom. The number of aliphatic carboxylic acids is 1. The van der Waals surface area contributed by atoms with Crippen molar-refractivity contribution in [3.8, 4) is 0 Å². The zero-order valence-electron chi connectivity index (χ0n) is 11.3. The van der Waals surface area contributed by atoms with Crippen molar-refractivity contribution >= 4 is 5.97 Å². The average Bonchev–Trinajstić information content (AvgIpc) is 2.95. The van der Waals surface area contributed by atoms with Crippen molar-refractivity contribution in [3.05, 3.63) is 18.0 Å². The maximum atomic E-state index is 11.5. The first kappa shape index (κ1) is 12.7. The SMILES string of the molecule is Cn1ccc(CN2C(C(=O)O)CC3CCCCC32)n1. The maximum Gasteiger partial charge on any atom is 0.320 e. The first-order valence-electron chi connectivity index (χ1n) is 7.12. The lowest BCUT2D eigenvalue weighted by Crippen LogP contribution is -2.41. The molecule has 2 fully saturated rings. The fourth-order valence-corrected chi connectivity index (χ4v) is 3.76. The summed E-state index contributed by atoms with van der Waals surface area (Å²) in [4.78, 5) is 13.7. The van der Waals surface area contributed by atoms with Crippen molar-refractivity contribution in [2.75, 3.05) is 0 Å². The average molecular weight is 263 g/mol. The van der Waals surface area contributed by atoms with Crippen molar-refractivity contribution in [3.63, 3.8) is 0 Å². The molecule has 1 aliphatic heterocycles. The summed E-state index contributed by atoms with van der Waals surface area (Å²) in [6, 6.07) is 2.10. The van der Waals surface area contributed by atoms with E-state index in [9.17, 15) is 9.90 Å². The van der Waals surface area contributed by atoms with Gasteiger partial charge in [-0.05, 0) is 31.2 Å². The summed E-state index contributed by atoms with van der Waals surface area (Å²) in [5.74, 6) is -0.108. The highest BCUT2D eigenvalue weighted by molar-refractivity contribution is 5.74. The molecule has 1 aliphatic carbocycles. The van der Waals surface area contributed by atoms with Crippen molar-refractivity contribution < 1.29 is 9.90 Å². The molecule has 3 atom stereocenters. The van der Waals surface area contributed by atoms with Gasteiger partial charge in [-0.1, -0.05) is 12.8 Å². The molecule has 1 N–H and O–H groups in total. The molecule has 0 aromatic carbocycles. The van der Waals surface area contributed by atoms with Gasteiger partial charge in [0.2, 0.25) is 0 Å². The van der Waals surface area contributed by atoms with E-state index >= 15 is 0 Å². The minimum atomic E-state index is -0.676. The summed E-state index contributed by atoms with van der Waals surface area (Å²) in [5, 5.41) is 13.8. The van der Waals surface area contributed by atoms with Crippen LogP contribution in [0.2, 0.25) is 0 Å². The number of rotatable bonds is 3. The molecular formula is C14H21N3O2. The molecule has 1 aromatic heterocycles. The van der Waals surface area contributed by atoms with Gasteiger partial charge >= 0.3 is 5.97 Å². The van der Waals surface area contributed by atoms with Gasteiger partial charge in [-0.2, -0.15) is 5.10 Å². The number of hydrogen-bond acceptors (Lipinski definition) is 3. The lowest BCUT2D eigenvalue weighted by molar-refractivity contribution is -0.142. The topological polar surface area (TPSA) is 58.4 Å². The van der Waals surface area contributed by atoms with Gasteiger partial charge in [0.1, 0.15) is 6.04 Å².